The van der Waals surface area contributed by atoms with Gasteiger partial charge >= 0.3 is 5.97 Å². The van der Waals surface area contributed by atoms with E-state index >= 15 is 0 Å². The lowest BCUT2D eigenvalue weighted by atomic mass is 10.1. The van der Waals surface area contributed by atoms with Gasteiger partial charge in [-0.2, -0.15) is 9.78 Å². The topological polar surface area (TPSA) is 121 Å². The first-order valence-corrected chi connectivity index (χ1v) is 6.46. The Kier molecular flexibility index (Phi) is 4.01. The van der Waals surface area contributed by atoms with Crippen molar-refractivity contribution in [2.45, 2.75) is 12.1 Å². The van der Waals surface area contributed by atoms with Gasteiger partial charge in [-0.05, 0) is 13.0 Å². The molecule has 9 heteroatoms. The number of carbonyl (C=O) groups is 1. The number of hydrogen-bond donors (Lipinski definition) is 1. The zero-order chi connectivity index (χ0) is 14.7. The lowest BCUT2D eigenvalue weighted by Crippen LogP contribution is -2.05. The fourth-order valence-electron chi connectivity index (χ4n) is 1.50. The molecule has 1 unspecified atom stereocenters. The predicted molar refractivity (Wildman–Crippen MR) is 68.3 cm³/mol. The van der Waals surface area contributed by atoms with E-state index in [1.165, 1.54) is 19.2 Å². The molecule has 2 rings (SSSR count). The normalized spacial score (nSPS) is 12.7. The van der Waals surface area contributed by atoms with Crippen LogP contribution in [0, 0.1) is 6.92 Å². The van der Waals surface area contributed by atoms with Gasteiger partial charge in [-0.1, -0.05) is 18.2 Å². The summed E-state index contributed by atoms with van der Waals surface area (Å²) in [7, 11) is 0. The maximum absolute atomic E-state index is 11.0. The molecule has 0 radical (unpaired) electrons. The number of aryl methyl sites for hydroxylation is 1. The molecule has 1 heterocycles. The van der Waals surface area contributed by atoms with Crippen LogP contribution >= 0.6 is 0 Å². The monoisotopic (exact) mass is 293 g/mol. The largest absolute Gasteiger partial charge is 0.766 e. The van der Waals surface area contributed by atoms with Crippen LogP contribution in [0.4, 0.5) is 0 Å². The van der Waals surface area contributed by atoms with Crippen molar-refractivity contribution >= 4 is 23.3 Å². The summed E-state index contributed by atoms with van der Waals surface area (Å²) in [5, 5.41) is 19.7. The molecule has 0 bridgehead atoms. The Bertz CT molecular complexity index is 710. The molecule has 1 atom stereocenters. The lowest BCUT2D eigenvalue weighted by molar-refractivity contribution is 0.0696. The number of aromatic nitrogens is 3. The smallest absolute Gasteiger partial charge is 0.336 e. The molecule has 1 aromatic carbocycles. The summed E-state index contributed by atoms with van der Waals surface area (Å²) in [6.07, 6.45) is 1.25. The SMILES string of the molecule is Cc1nnc(S(=O)[O-])n1/N=C/c1ccccc1C(=O)O. The van der Waals surface area contributed by atoms with E-state index in [2.05, 4.69) is 15.3 Å². The molecule has 0 aliphatic rings. The van der Waals surface area contributed by atoms with Crippen molar-refractivity contribution in [3.05, 3.63) is 41.2 Å². The highest BCUT2D eigenvalue weighted by Gasteiger charge is 2.10. The average molecular weight is 293 g/mol. The Labute approximate surface area is 116 Å². The van der Waals surface area contributed by atoms with Crippen molar-refractivity contribution in [1.29, 1.82) is 0 Å². The van der Waals surface area contributed by atoms with Crippen molar-refractivity contribution in [2.75, 3.05) is 0 Å². The van der Waals surface area contributed by atoms with Crippen molar-refractivity contribution in [1.82, 2.24) is 14.9 Å². The molecule has 20 heavy (non-hydrogen) atoms. The van der Waals surface area contributed by atoms with Gasteiger partial charge in [-0.15, -0.1) is 10.2 Å². The second-order valence-corrected chi connectivity index (χ2v) is 4.55. The molecule has 0 saturated heterocycles. The molecular formula is C11H9N4O4S-. The number of carboxylic acids is 1. The number of nitrogens with zero attached hydrogens (tertiary/aromatic N) is 4. The number of aromatic carboxylic acids is 1. The number of carboxylic acid groups (broad SMARTS) is 1. The van der Waals surface area contributed by atoms with Crippen LogP contribution in [-0.2, 0) is 11.1 Å². The highest BCUT2D eigenvalue weighted by atomic mass is 32.2. The van der Waals surface area contributed by atoms with E-state index in [0.29, 0.717) is 5.56 Å². The summed E-state index contributed by atoms with van der Waals surface area (Å²) in [5.41, 5.74) is 0.405. The minimum absolute atomic E-state index is 0.0618. The maximum atomic E-state index is 11.0. The molecule has 104 valence electrons. The second kappa shape index (κ2) is 5.72. The van der Waals surface area contributed by atoms with Crippen LogP contribution < -0.4 is 0 Å². The minimum Gasteiger partial charge on any atom is -0.766 e. The van der Waals surface area contributed by atoms with E-state index in [9.17, 15) is 13.6 Å². The molecular weight excluding hydrogens is 284 g/mol. The van der Waals surface area contributed by atoms with Crippen molar-refractivity contribution in [3.63, 3.8) is 0 Å². The standard InChI is InChI=1S/C11H10N4O4S/c1-7-13-14-11(20(18)19)15(7)12-6-8-4-2-3-5-9(8)10(16)17/h2-6H,1H3,(H,16,17)(H,18,19)/p-1/b12-6+. The second-order valence-electron chi connectivity index (χ2n) is 3.71. The first-order valence-electron chi connectivity index (χ1n) is 5.38. The first kappa shape index (κ1) is 14.0. The first-order chi connectivity index (χ1) is 9.50. The molecule has 8 nitrogen and oxygen atoms in total. The van der Waals surface area contributed by atoms with Gasteiger partial charge in [0.25, 0.3) is 0 Å². The van der Waals surface area contributed by atoms with Crippen LogP contribution in [-0.4, -0.2) is 40.9 Å². The third kappa shape index (κ3) is 2.78. The van der Waals surface area contributed by atoms with Crippen molar-refractivity contribution in [2.24, 2.45) is 5.10 Å². The molecule has 0 spiro atoms. The molecule has 0 saturated carbocycles. The third-order valence-corrected chi connectivity index (χ3v) is 2.97. The Balaban J connectivity index is 2.43. The summed E-state index contributed by atoms with van der Waals surface area (Å²) in [4.78, 5) is 11.0. The van der Waals surface area contributed by atoms with Gasteiger partial charge in [0.15, 0.2) is 5.82 Å². The van der Waals surface area contributed by atoms with E-state index in [1.54, 1.807) is 18.2 Å². The van der Waals surface area contributed by atoms with E-state index in [1.807, 2.05) is 0 Å². The highest BCUT2D eigenvalue weighted by Crippen LogP contribution is 2.08. The van der Waals surface area contributed by atoms with Gasteiger partial charge in [-0.3, -0.25) is 4.21 Å². The molecule has 1 N–H and O–H groups in total. The summed E-state index contributed by atoms with van der Waals surface area (Å²) in [5.74, 6) is -0.826. The van der Waals surface area contributed by atoms with Crippen LogP contribution in [0.15, 0.2) is 34.5 Å². The van der Waals surface area contributed by atoms with E-state index < -0.39 is 17.0 Å². The van der Waals surface area contributed by atoms with Crippen LogP contribution in [0.25, 0.3) is 0 Å². The fraction of sp³-hybridized carbons (Fsp3) is 0.0909. The van der Waals surface area contributed by atoms with E-state index in [4.69, 9.17) is 5.11 Å². The summed E-state index contributed by atoms with van der Waals surface area (Å²) < 4.78 is 22.9. The van der Waals surface area contributed by atoms with Crippen LogP contribution in [0.1, 0.15) is 21.7 Å². The Morgan fingerprint density at radius 2 is 2.15 bits per heavy atom. The Hall–Kier alpha value is -2.39. The van der Waals surface area contributed by atoms with Gasteiger partial charge < -0.3 is 9.66 Å². The summed E-state index contributed by atoms with van der Waals surface area (Å²) >= 11 is -2.58. The van der Waals surface area contributed by atoms with Crippen molar-refractivity contribution < 1.29 is 18.7 Å². The molecule has 0 aliphatic carbocycles. The predicted octanol–water partition coefficient (Wildman–Crippen LogP) is 0.405. The Morgan fingerprint density at radius 3 is 2.80 bits per heavy atom. The van der Waals surface area contributed by atoms with E-state index in [0.717, 1.165) is 4.68 Å². The molecule has 0 fully saturated rings. The summed E-state index contributed by atoms with van der Waals surface area (Å²) in [6, 6.07) is 6.22. The summed E-state index contributed by atoms with van der Waals surface area (Å²) in [6.45, 7) is 1.53. The molecule has 0 aliphatic heterocycles. The maximum Gasteiger partial charge on any atom is 0.336 e. The molecule has 0 amide bonds. The van der Waals surface area contributed by atoms with E-state index in [-0.39, 0.29) is 16.5 Å². The van der Waals surface area contributed by atoms with Crippen LogP contribution in [0.5, 0.6) is 0 Å². The van der Waals surface area contributed by atoms with Gasteiger partial charge in [-0.25, -0.2) is 4.79 Å². The van der Waals surface area contributed by atoms with Crippen molar-refractivity contribution in [3.8, 4) is 0 Å². The zero-order valence-corrected chi connectivity index (χ0v) is 11.1. The van der Waals surface area contributed by atoms with Gasteiger partial charge in [0.2, 0.25) is 5.16 Å². The molecule has 1 aromatic heterocycles. The van der Waals surface area contributed by atoms with Crippen LogP contribution in [0.3, 0.4) is 0 Å². The average Bonchev–Trinajstić information content (AvgIpc) is 2.78. The zero-order valence-electron chi connectivity index (χ0n) is 10.3. The van der Waals surface area contributed by atoms with Gasteiger partial charge in [0.1, 0.15) is 0 Å². The number of rotatable bonds is 4. The fourth-order valence-corrected chi connectivity index (χ4v) is 1.93. The Morgan fingerprint density at radius 1 is 1.45 bits per heavy atom. The quantitative estimate of drug-likeness (QED) is 0.643. The molecule has 2 aromatic rings. The highest BCUT2D eigenvalue weighted by molar-refractivity contribution is 7.79. The number of hydrogen-bond acceptors (Lipinski definition) is 6. The number of benzene rings is 1. The minimum atomic E-state index is -2.58. The van der Waals surface area contributed by atoms with Crippen LogP contribution in [0.2, 0.25) is 0 Å². The third-order valence-electron chi connectivity index (χ3n) is 2.42. The lowest BCUT2D eigenvalue weighted by Gasteiger charge is -2.04. The van der Waals surface area contributed by atoms with Gasteiger partial charge in [0.05, 0.1) is 11.8 Å². The van der Waals surface area contributed by atoms with Gasteiger partial charge in [0, 0.05) is 16.6 Å².